The van der Waals surface area contributed by atoms with E-state index in [0.29, 0.717) is 4.83 Å². The molecule has 1 aromatic rings. The van der Waals surface area contributed by atoms with Gasteiger partial charge in [-0.2, -0.15) is 0 Å². The number of halogens is 1. The van der Waals surface area contributed by atoms with Crippen LogP contribution in [0.2, 0.25) is 0 Å². The maximum atomic E-state index is 3.97. The molecular formula is C18H27Br. The van der Waals surface area contributed by atoms with Crippen molar-refractivity contribution in [2.45, 2.75) is 69.5 Å². The molecule has 1 aliphatic carbocycles. The van der Waals surface area contributed by atoms with Crippen molar-refractivity contribution in [2.24, 2.45) is 5.92 Å². The van der Waals surface area contributed by atoms with Gasteiger partial charge in [0, 0.05) is 4.83 Å². The number of alkyl halides is 1. The summed E-state index contributed by atoms with van der Waals surface area (Å²) in [5.41, 5.74) is 2.95. The van der Waals surface area contributed by atoms with E-state index < -0.39 is 0 Å². The summed E-state index contributed by atoms with van der Waals surface area (Å²) in [6.07, 6.45) is 12.4. The van der Waals surface area contributed by atoms with Crippen LogP contribution in [0.3, 0.4) is 0 Å². The summed E-state index contributed by atoms with van der Waals surface area (Å²) in [5.74, 6) is 0.831. The van der Waals surface area contributed by atoms with E-state index in [2.05, 4.69) is 47.1 Å². The second-order valence-electron chi connectivity index (χ2n) is 6.00. The Hall–Kier alpha value is -0.300. The molecule has 0 aromatic heterocycles. The van der Waals surface area contributed by atoms with Crippen LogP contribution >= 0.6 is 15.9 Å². The van der Waals surface area contributed by atoms with E-state index in [9.17, 15) is 0 Å². The van der Waals surface area contributed by atoms with Crippen LogP contribution in [0.5, 0.6) is 0 Å². The minimum atomic E-state index is 0.557. The molecule has 1 heteroatoms. The average molecular weight is 323 g/mol. The van der Waals surface area contributed by atoms with Crippen molar-refractivity contribution in [2.75, 3.05) is 0 Å². The summed E-state index contributed by atoms with van der Waals surface area (Å²) >= 11 is 3.97. The molecule has 0 spiro atoms. The lowest BCUT2D eigenvalue weighted by molar-refractivity contribution is 0.374. The lowest BCUT2D eigenvalue weighted by Gasteiger charge is -2.25. The summed E-state index contributed by atoms with van der Waals surface area (Å²) in [6.45, 7) is 2.25. The van der Waals surface area contributed by atoms with Gasteiger partial charge in [-0.15, -0.1) is 0 Å². The van der Waals surface area contributed by atoms with E-state index in [1.54, 1.807) is 0 Å². The number of aryl methyl sites for hydroxylation is 1. The van der Waals surface area contributed by atoms with Crippen molar-refractivity contribution in [3.05, 3.63) is 35.4 Å². The standard InChI is InChI=1S/C18H27Br/c1-2-8-15-11-13-17(14-12-15)18(19)16-9-6-4-3-5-7-10-16/h11-14,16,18H,2-10H2,1H3. The monoisotopic (exact) mass is 322 g/mol. The summed E-state index contributed by atoms with van der Waals surface area (Å²) in [4.78, 5) is 0.557. The molecule has 1 atom stereocenters. The summed E-state index contributed by atoms with van der Waals surface area (Å²) < 4.78 is 0. The van der Waals surface area contributed by atoms with E-state index in [0.717, 1.165) is 5.92 Å². The SMILES string of the molecule is CCCc1ccc(C(Br)C2CCCCCCC2)cc1. The topological polar surface area (TPSA) is 0 Å². The van der Waals surface area contributed by atoms with Crippen molar-refractivity contribution < 1.29 is 0 Å². The molecule has 1 aliphatic rings. The van der Waals surface area contributed by atoms with Crippen molar-refractivity contribution in [1.82, 2.24) is 0 Å². The Labute approximate surface area is 127 Å². The predicted molar refractivity (Wildman–Crippen MR) is 87.9 cm³/mol. The zero-order valence-corrected chi connectivity index (χ0v) is 13.8. The van der Waals surface area contributed by atoms with Crippen LogP contribution < -0.4 is 0 Å². The highest BCUT2D eigenvalue weighted by Gasteiger charge is 2.21. The second kappa shape index (κ2) is 8.09. The lowest BCUT2D eigenvalue weighted by atomic mass is 9.86. The Kier molecular flexibility index (Phi) is 6.43. The maximum absolute atomic E-state index is 3.97. The maximum Gasteiger partial charge on any atom is 0.0423 e. The number of benzene rings is 1. The third-order valence-electron chi connectivity index (χ3n) is 4.40. The van der Waals surface area contributed by atoms with E-state index in [1.165, 1.54) is 68.9 Å². The molecule has 1 aromatic carbocycles. The van der Waals surface area contributed by atoms with Gasteiger partial charge in [-0.1, -0.05) is 85.6 Å². The van der Waals surface area contributed by atoms with E-state index >= 15 is 0 Å². The molecule has 0 N–H and O–H groups in total. The highest BCUT2D eigenvalue weighted by atomic mass is 79.9. The Morgan fingerprint density at radius 2 is 1.58 bits per heavy atom. The normalized spacial score (nSPS) is 19.7. The second-order valence-corrected chi connectivity index (χ2v) is 6.99. The van der Waals surface area contributed by atoms with Gasteiger partial charge in [-0.05, 0) is 36.3 Å². The van der Waals surface area contributed by atoms with Crippen LogP contribution in [0.25, 0.3) is 0 Å². The van der Waals surface area contributed by atoms with Crippen LogP contribution in [-0.2, 0) is 6.42 Å². The number of rotatable bonds is 4. The molecule has 1 unspecified atom stereocenters. The third kappa shape index (κ3) is 4.63. The van der Waals surface area contributed by atoms with Gasteiger partial charge < -0.3 is 0 Å². The van der Waals surface area contributed by atoms with Crippen LogP contribution in [0.1, 0.15) is 74.2 Å². The van der Waals surface area contributed by atoms with Crippen LogP contribution in [0.15, 0.2) is 24.3 Å². The van der Waals surface area contributed by atoms with Crippen LogP contribution in [0.4, 0.5) is 0 Å². The lowest BCUT2D eigenvalue weighted by Crippen LogP contribution is -2.10. The zero-order chi connectivity index (χ0) is 13.5. The first kappa shape index (κ1) is 15.1. The fourth-order valence-electron chi connectivity index (χ4n) is 3.21. The van der Waals surface area contributed by atoms with Gasteiger partial charge in [0.15, 0.2) is 0 Å². The molecule has 0 nitrogen and oxygen atoms in total. The van der Waals surface area contributed by atoms with Gasteiger partial charge in [-0.25, -0.2) is 0 Å². The first-order chi connectivity index (χ1) is 9.31. The van der Waals surface area contributed by atoms with Crippen molar-refractivity contribution >= 4 is 15.9 Å². The van der Waals surface area contributed by atoms with Gasteiger partial charge in [0.25, 0.3) is 0 Å². The molecule has 0 amide bonds. The number of hydrogen-bond acceptors (Lipinski definition) is 0. The minimum absolute atomic E-state index is 0.557. The zero-order valence-electron chi connectivity index (χ0n) is 12.2. The van der Waals surface area contributed by atoms with Crippen molar-refractivity contribution in [3.8, 4) is 0 Å². The molecule has 1 saturated carbocycles. The molecule has 1 fully saturated rings. The molecule has 106 valence electrons. The van der Waals surface area contributed by atoms with Gasteiger partial charge in [0.05, 0.1) is 0 Å². The third-order valence-corrected chi connectivity index (χ3v) is 5.68. The molecular weight excluding hydrogens is 296 g/mol. The first-order valence-corrected chi connectivity index (χ1v) is 8.95. The highest BCUT2D eigenvalue weighted by molar-refractivity contribution is 9.09. The first-order valence-electron chi connectivity index (χ1n) is 8.04. The summed E-state index contributed by atoms with van der Waals surface area (Å²) in [6, 6.07) is 9.30. The van der Waals surface area contributed by atoms with Crippen LogP contribution in [-0.4, -0.2) is 0 Å². The fourth-order valence-corrected chi connectivity index (χ4v) is 4.04. The molecule has 19 heavy (non-hydrogen) atoms. The Morgan fingerprint density at radius 3 is 2.16 bits per heavy atom. The van der Waals surface area contributed by atoms with Crippen LogP contribution in [0, 0.1) is 5.92 Å². The fraction of sp³-hybridized carbons (Fsp3) is 0.667. The van der Waals surface area contributed by atoms with E-state index in [-0.39, 0.29) is 0 Å². The quantitative estimate of drug-likeness (QED) is 0.560. The smallest absolute Gasteiger partial charge is 0.0423 e. The Bertz CT molecular complexity index is 346. The van der Waals surface area contributed by atoms with Gasteiger partial charge in [0.1, 0.15) is 0 Å². The largest absolute Gasteiger partial charge is 0.0836 e. The van der Waals surface area contributed by atoms with Gasteiger partial charge in [-0.3, -0.25) is 0 Å². The van der Waals surface area contributed by atoms with E-state index in [4.69, 9.17) is 0 Å². The molecule has 0 bridgehead atoms. The molecule has 0 aliphatic heterocycles. The molecule has 0 heterocycles. The van der Waals surface area contributed by atoms with Crippen molar-refractivity contribution in [3.63, 3.8) is 0 Å². The summed E-state index contributed by atoms with van der Waals surface area (Å²) in [5, 5.41) is 0. The van der Waals surface area contributed by atoms with Crippen molar-refractivity contribution in [1.29, 1.82) is 0 Å². The Morgan fingerprint density at radius 1 is 1.00 bits per heavy atom. The Balaban J connectivity index is 1.98. The number of hydrogen-bond donors (Lipinski definition) is 0. The highest BCUT2D eigenvalue weighted by Crippen LogP contribution is 2.38. The van der Waals surface area contributed by atoms with Gasteiger partial charge in [0.2, 0.25) is 0 Å². The summed E-state index contributed by atoms with van der Waals surface area (Å²) in [7, 11) is 0. The average Bonchev–Trinajstić information content (AvgIpc) is 2.39. The minimum Gasteiger partial charge on any atom is -0.0836 e. The molecule has 2 rings (SSSR count). The van der Waals surface area contributed by atoms with Gasteiger partial charge >= 0.3 is 0 Å². The predicted octanol–water partition coefficient (Wildman–Crippen LogP) is 6.44. The molecule has 0 radical (unpaired) electrons. The molecule has 0 saturated heterocycles. The van der Waals surface area contributed by atoms with E-state index in [1.807, 2.05) is 0 Å².